The number of nitrogens with zero attached hydrogens (tertiary/aromatic N) is 3. The van der Waals surface area contributed by atoms with E-state index in [1.165, 1.54) is 12.1 Å². The Hall–Kier alpha value is -3.54. The normalized spacial score (nSPS) is 12.1. The molecule has 0 fully saturated rings. The number of carbonyl (C=O) groups is 1. The summed E-state index contributed by atoms with van der Waals surface area (Å²) < 4.78 is 15.0. The zero-order chi connectivity index (χ0) is 20.5. The number of carbonyl (C=O) groups excluding carboxylic acids is 1. The van der Waals surface area contributed by atoms with Crippen LogP contribution in [0.25, 0.3) is 16.7 Å². The van der Waals surface area contributed by atoms with Gasteiger partial charge in [-0.3, -0.25) is 4.79 Å². The summed E-state index contributed by atoms with van der Waals surface area (Å²) >= 11 is 0. The van der Waals surface area contributed by atoms with Crippen molar-refractivity contribution in [2.24, 2.45) is 0 Å². The van der Waals surface area contributed by atoms with Crippen molar-refractivity contribution in [1.82, 2.24) is 20.1 Å². The molecule has 4 rings (SSSR count). The predicted octanol–water partition coefficient (Wildman–Crippen LogP) is 4.67. The molecule has 1 atom stereocenters. The van der Waals surface area contributed by atoms with E-state index in [2.05, 4.69) is 15.4 Å². The minimum Gasteiger partial charge on any atom is -0.345 e. The predicted molar refractivity (Wildman–Crippen MR) is 111 cm³/mol. The molecule has 29 heavy (non-hydrogen) atoms. The Morgan fingerprint density at radius 3 is 2.45 bits per heavy atom. The molecule has 1 N–H and O–H groups in total. The van der Waals surface area contributed by atoms with Crippen LogP contribution in [0.1, 0.15) is 40.3 Å². The largest absolute Gasteiger partial charge is 0.345 e. The lowest BCUT2D eigenvalue weighted by molar-refractivity contribution is 0.0941. The second-order valence-electron chi connectivity index (χ2n) is 7.09. The quantitative estimate of drug-likeness (QED) is 0.553. The van der Waals surface area contributed by atoms with Gasteiger partial charge >= 0.3 is 0 Å². The molecule has 2 aromatic carbocycles. The van der Waals surface area contributed by atoms with Gasteiger partial charge in [-0.15, -0.1) is 0 Å². The average molecular weight is 388 g/mol. The van der Waals surface area contributed by atoms with E-state index in [9.17, 15) is 9.18 Å². The first-order valence-corrected chi connectivity index (χ1v) is 9.43. The average Bonchev–Trinajstić information content (AvgIpc) is 3.04. The molecular weight excluding hydrogens is 367 g/mol. The topological polar surface area (TPSA) is 59.8 Å². The first-order valence-electron chi connectivity index (χ1n) is 9.43. The molecule has 0 saturated heterocycles. The molecule has 0 saturated carbocycles. The van der Waals surface area contributed by atoms with Gasteiger partial charge in [-0.1, -0.05) is 30.3 Å². The highest BCUT2D eigenvalue weighted by atomic mass is 19.1. The van der Waals surface area contributed by atoms with Crippen LogP contribution < -0.4 is 5.32 Å². The first-order chi connectivity index (χ1) is 13.9. The monoisotopic (exact) mass is 388 g/mol. The van der Waals surface area contributed by atoms with Gasteiger partial charge in [0.1, 0.15) is 5.82 Å². The Balaban J connectivity index is 1.77. The summed E-state index contributed by atoms with van der Waals surface area (Å²) in [5.41, 5.74) is 4.22. The Labute approximate surface area is 168 Å². The summed E-state index contributed by atoms with van der Waals surface area (Å²) in [6.45, 7) is 5.64. The third kappa shape index (κ3) is 3.61. The molecule has 0 bridgehead atoms. The third-order valence-corrected chi connectivity index (χ3v) is 4.90. The summed E-state index contributed by atoms with van der Waals surface area (Å²) in [6, 6.07) is 17.5. The van der Waals surface area contributed by atoms with Crippen LogP contribution in [0.2, 0.25) is 0 Å². The number of hydrogen-bond donors (Lipinski definition) is 1. The lowest BCUT2D eigenvalue weighted by atomic mass is 10.1. The number of aromatic nitrogens is 3. The SMILES string of the molecule is Cc1cc(C(=O)N[C@@H](C)c2ccccc2)c2c(C)nn(-c3ccc(F)cc3)c2n1. The van der Waals surface area contributed by atoms with Crippen LogP contribution in [0.15, 0.2) is 60.7 Å². The van der Waals surface area contributed by atoms with Crippen molar-refractivity contribution in [2.45, 2.75) is 26.8 Å². The second-order valence-corrected chi connectivity index (χ2v) is 7.09. The summed E-state index contributed by atoms with van der Waals surface area (Å²) in [6.07, 6.45) is 0. The Morgan fingerprint density at radius 2 is 1.76 bits per heavy atom. The van der Waals surface area contributed by atoms with Crippen molar-refractivity contribution < 1.29 is 9.18 Å². The number of halogens is 1. The van der Waals surface area contributed by atoms with Crippen molar-refractivity contribution in [2.75, 3.05) is 0 Å². The van der Waals surface area contributed by atoms with Crippen LogP contribution in [0, 0.1) is 19.7 Å². The second kappa shape index (κ2) is 7.47. The van der Waals surface area contributed by atoms with Crippen LogP contribution >= 0.6 is 0 Å². The number of benzene rings is 2. The fourth-order valence-electron chi connectivity index (χ4n) is 3.45. The molecule has 1 amide bonds. The Kier molecular flexibility index (Phi) is 4.84. The molecule has 6 heteroatoms. The van der Waals surface area contributed by atoms with E-state index < -0.39 is 0 Å². The number of aryl methyl sites for hydroxylation is 2. The van der Waals surface area contributed by atoms with E-state index in [1.54, 1.807) is 22.9 Å². The first kappa shape index (κ1) is 18.8. The van der Waals surface area contributed by atoms with E-state index in [1.807, 2.05) is 51.1 Å². The smallest absolute Gasteiger partial charge is 0.252 e. The third-order valence-electron chi connectivity index (χ3n) is 4.90. The molecule has 4 aromatic rings. The van der Waals surface area contributed by atoms with E-state index >= 15 is 0 Å². The lowest BCUT2D eigenvalue weighted by Crippen LogP contribution is -2.27. The van der Waals surface area contributed by atoms with Gasteiger partial charge in [0.25, 0.3) is 5.91 Å². The standard InChI is InChI=1S/C23H21FN4O/c1-14-13-20(23(29)26-15(2)17-7-5-4-6-8-17)21-16(3)27-28(22(21)25-14)19-11-9-18(24)10-12-19/h4-13,15H,1-3H3,(H,26,29)/t15-/m0/s1. The number of pyridine rings is 1. The molecule has 5 nitrogen and oxygen atoms in total. The zero-order valence-corrected chi connectivity index (χ0v) is 16.5. The van der Waals surface area contributed by atoms with E-state index in [0.29, 0.717) is 33.7 Å². The van der Waals surface area contributed by atoms with Gasteiger partial charge < -0.3 is 5.32 Å². The summed E-state index contributed by atoms with van der Waals surface area (Å²) in [5, 5.41) is 8.32. The van der Waals surface area contributed by atoms with Crippen LogP contribution in [0.5, 0.6) is 0 Å². The van der Waals surface area contributed by atoms with Gasteiger partial charge in [-0.25, -0.2) is 14.1 Å². The maximum atomic E-state index is 13.3. The fraction of sp³-hybridized carbons (Fsp3) is 0.174. The van der Waals surface area contributed by atoms with Crippen molar-refractivity contribution in [3.8, 4) is 5.69 Å². The van der Waals surface area contributed by atoms with Gasteiger partial charge in [0.15, 0.2) is 5.65 Å². The highest BCUT2D eigenvalue weighted by Gasteiger charge is 2.21. The van der Waals surface area contributed by atoms with Crippen LogP contribution in [-0.4, -0.2) is 20.7 Å². The molecule has 2 heterocycles. The van der Waals surface area contributed by atoms with Crippen LogP contribution in [-0.2, 0) is 0 Å². The van der Waals surface area contributed by atoms with Gasteiger partial charge in [0.05, 0.1) is 28.4 Å². The molecule has 2 aromatic heterocycles. The van der Waals surface area contributed by atoms with E-state index in [0.717, 1.165) is 5.56 Å². The van der Waals surface area contributed by atoms with Crippen molar-refractivity contribution in [1.29, 1.82) is 0 Å². The zero-order valence-electron chi connectivity index (χ0n) is 16.5. The van der Waals surface area contributed by atoms with Gasteiger partial charge in [0, 0.05) is 5.69 Å². The van der Waals surface area contributed by atoms with Gasteiger partial charge in [0.2, 0.25) is 0 Å². The highest BCUT2D eigenvalue weighted by Crippen LogP contribution is 2.25. The molecule has 0 aliphatic carbocycles. The number of amides is 1. The van der Waals surface area contributed by atoms with Gasteiger partial charge in [-0.2, -0.15) is 5.10 Å². The lowest BCUT2D eigenvalue weighted by Gasteiger charge is -2.15. The molecule has 0 aliphatic rings. The highest BCUT2D eigenvalue weighted by molar-refractivity contribution is 6.07. The fourth-order valence-corrected chi connectivity index (χ4v) is 3.45. The molecule has 0 aliphatic heterocycles. The van der Waals surface area contributed by atoms with Crippen molar-refractivity contribution in [3.63, 3.8) is 0 Å². The van der Waals surface area contributed by atoms with E-state index in [4.69, 9.17) is 0 Å². The maximum Gasteiger partial charge on any atom is 0.252 e. The van der Waals surface area contributed by atoms with Crippen LogP contribution in [0.4, 0.5) is 4.39 Å². The molecule has 146 valence electrons. The van der Waals surface area contributed by atoms with Crippen molar-refractivity contribution in [3.05, 3.63) is 89.0 Å². The van der Waals surface area contributed by atoms with Gasteiger partial charge in [-0.05, 0) is 56.7 Å². The molecule has 0 spiro atoms. The summed E-state index contributed by atoms with van der Waals surface area (Å²) in [7, 11) is 0. The Morgan fingerprint density at radius 1 is 1.07 bits per heavy atom. The maximum absolute atomic E-state index is 13.3. The minimum atomic E-state index is -0.318. The number of hydrogen-bond acceptors (Lipinski definition) is 3. The number of rotatable bonds is 4. The molecular formula is C23H21FN4O. The number of fused-ring (bicyclic) bond motifs is 1. The van der Waals surface area contributed by atoms with Crippen LogP contribution in [0.3, 0.4) is 0 Å². The van der Waals surface area contributed by atoms with E-state index in [-0.39, 0.29) is 17.8 Å². The molecule has 0 radical (unpaired) electrons. The number of nitrogens with one attached hydrogen (secondary N) is 1. The summed E-state index contributed by atoms with van der Waals surface area (Å²) in [5.74, 6) is -0.500. The minimum absolute atomic E-state index is 0.139. The summed E-state index contributed by atoms with van der Waals surface area (Å²) in [4.78, 5) is 17.7. The van der Waals surface area contributed by atoms with Crippen molar-refractivity contribution >= 4 is 16.9 Å². The molecule has 0 unspecified atom stereocenters. The Bertz CT molecular complexity index is 1180.